The highest BCUT2D eigenvalue weighted by Crippen LogP contribution is 2.26. The molecule has 0 radical (unpaired) electrons. The fraction of sp³-hybridized carbons (Fsp3) is 0.0952. The first-order valence-electron chi connectivity index (χ1n) is 9.33. The molecule has 9 heteroatoms. The highest BCUT2D eigenvalue weighted by Gasteiger charge is 2.16. The van der Waals surface area contributed by atoms with Crippen molar-refractivity contribution >= 4 is 40.0 Å². The number of amides is 1. The van der Waals surface area contributed by atoms with Crippen LogP contribution in [-0.2, 0) is 4.79 Å². The molecule has 148 valence electrons. The molecule has 0 saturated carbocycles. The molecule has 0 atom stereocenters. The number of H-pyrrole nitrogens is 1. The van der Waals surface area contributed by atoms with Crippen LogP contribution in [0, 0.1) is 6.92 Å². The fourth-order valence-electron chi connectivity index (χ4n) is 3.12. The van der Waals surface area contributed by atoms with E-state index in [0.717, 1.165) is 22.2 Å². The van der Waals surface area contributed by atoms with Gasteiger partial charge in [0.15, 0.2) is 22.4 Å². The zero-order valence-electron chi connectivity index (χ0n) is 16.0. The molecule has 30 heavy (non-hydrogen) atoms. The summed E-state index contributed by atoms with van der Waals surface area (Å²) in [6.07, 6.45) is 0. The second kappa shape index (κ2) is 7.60. The summed E-state index contributed by atoms with van der Waals surface area (Å²) in [5, 5.41) is 15.8. The molecular formula is C21H17N7OS. The number of fused-ring (bicyclic) bond motifs is 3. The van der Waals surface area contributed by atoms with E-state index in [-0.39, 0.29) is 11.7 Å². The van der Waals surface area contributed by atoms with Crippen molar-refractivity contribution in [3.8, 4) is 11.4 Å². The van der Waals surface area contributed by atoms with Gasteiger partial charge in [-0.1, -0.05) is 54.2 Å². The maximum Gasteiger partial charge on any atom is 0.236 e. The number of hydrogen-bond acceptors (Lipinski definition) is 6. The van der Waals surface area contributed by atoms with Gasteiger partial charge < -0.3 is 5.32 Å². The molecule has 3 heterocycles. The summed E-state index contributed by atoms with van der Waals surface area (Å²) in [5.74, 6) is 1.12. The first-order valence-corrected chi connectivity index (χ1v) is 10.3. The van der Waals surface area contributed by atoms with E-state index in [0.29, 0.717) is 22.4 Å². The minimum atomic E-state index is -0.169. The molecule has 0 aliphatic rings. The zero-order valence-corrected chi connectivity index (χ0v) is 16.8. The van der Waals surface area contributed by atoms with Gasteiger partial charge in [-0.25, -0.2) is 9.97 Å². The molecule has 5 rings (SSSR count). The lowest BCUT2D eigenvalue weighted by molar-refractivity contribution is -0.113. The van der Waals surface area contributed by atoms with Crippen LogP contribution < -0.4 is 5.32 Å². The van der Waals surface area contributed by atoms with Crippen LogP contribution >= 0.6 is 11.8 Å². The first kappa shape index (κ1) is 18.3. The number of para-hydroxylation sites is 1. The molecule has 2 aromatic carbocycles. The molecule has 8 nitrogen and oxygen atoms in total. The molecular weight excluding hydrogens is 398 g/mol. The van der Waals surface area contributed by atoms with Gasteiger partial charge in [-0.05, 0) is 19.1 Å². The third kappa shape index (κ3) is 3.50. The minimum absolute atomic E-state index is 0.169. The zero-order chi connectivity index (χ0) is 20.5. The summed E-state index contributed by atoms with van der Waals surface area (Å²) < 4.78 is 1.71. The van der Waals surface area contributed by atoms with Gasteiger partial charge in [0.1, 0.15) is 0 Å². The lowest BCUT2D eigenvalue weighted by Crippen LogP contribution is -2.15. The third-order valence-electron chi connectivity index (χ3n) is 4.49. The standard InChI is InChI=1S/C21H17N7OS/c1-13-11-17(26-25-13)23-18(29)12-30-21-22-16-10-6-5-9-15(16)20-24-19(27-28(20)21)14-7-3-2-4-8-14/h2-11H,12H2,1H3,(H2,23,25,26,29). The highest BCUT2D eigenvalue weighted by molar-refractivity contribution is 7.99. The molecule has 0 aliphatic heterocycles. The van der Waals surface area contributed by atoms with E-state index >= 15 is 0 Å². The Morgan fingerprint density at radius 2 is 1.90 bits per heavy atom. The Bertz CT molecular complexity index is 1360. The molecule has 0 bridgehead atoms. The summed E-state index contributed by atoms with van der Waals surface area (Å²) in [6, 6.07) is 19.4. The molecule has 0 unspecified atom stereocenters. The van der Waals surface area contributed by atoms with E-state index in [1.807, 2.05) is 61.5 Å². The molecule has 0 saturated heterocycles. The van der Waals surface area contributed by atoms with Crippen molar-refractivity contribution in [3.05, 3.63) is 66.4 Å². The Balaban J connectivity index is 1.50. The fourth-order valence-corrected chi connectivity index (χ4v) is 3.87. The Labute approximate surface area is 175 Å². The number of nitrogens with zero attached hydrogens (tertiary/aromatic N) is 5. The molecule has 1 amide bonds. The van der Waals surface area contributed by atoms with Crippen molar-refractivity contribution in [1.82, 2.24) is 29.8 Å². The van der Waals surface area contributed by atoms with E-state index in [4.69, 9.17) is 9.97 Å². The van der Waals surface area contributed by atoms with Crippen LogP contribution in [0.2, 0.25) is 0 Å². The minimum Gasteiger partial charge on any atom is -0.308 e. The maximum atomic E-state index is 12.4. The van der Waals surface area contributed by atoms with E-state index in [1.54, 1.807) is 10.6 Å². The average molecular weight is 415 g/mol. The summed E-state index contributed by atoms with van der Waals surface area (Å²) in [5.41, 5.74) is 3.33. The number of nitrogens with one attached hydrogen (secondary N) is 2. The SMILES string of the molecule is Cc1cc(NC(=O)CSc2nc3ccccc3c3nc(-c4ccccc4)nn23)n[nH]1. The third-order valence-corrected chi connectivity index (χ3v) is 5.42. The van der Waals surface area contributed by atoms with Crippen molar-refractivity contribution in [2.45, 2.75) is 12.1 Å². The quantitative estimate of drug-likeness (QED) is 0.335. The van der Waals surface area contributed by atoms with E-state index in [1.165, 1.54) is 11.8 Å². The van der Waals surface area contributed by atoms with Gasteiger partial charge >= 0.3 is 0 Å². The first-order chi connectivity index (χ1) is 14.7. The van der Waals surface area contributed by atoms with Crippen LogP contribution in [0.1, 0.15) is 5.69 Å². The predicted octanol–water partition coefficient (Wildman–Crippen LogP) is 3.71. The van der Waals surface area contributed by atoms with E-state index in [9.17, 15) is 4.79 Å². The highest BCUT2D eigenvalue weighted by atomic mass is 32.2. The lowest BCUT2D eigenvalue weighted by atomic mass is 10.2. The molecule has 2 N–H and O–H groups in total. The molecule has 0 spiro atoms. The van der Waals surface area contributed by atoms with Crippen molar-refractivity contribution in [3.63, 3.8) is 0 Å². The van der Waals surface area contributed by atoms with Crippen LogP contribution in [0.25, 0.3) is 27.9 Å². The van der Waals surface area contributed by atoms with Gasteiger partial charge in [-0.3, -0.25) is 9.89 Å². The number of carbonyl (C=O) groups excluding carboxylic acids is 1. The number of anilines is 1. The van der Waals surface area contributed by atoms with Gasteiger partial charge in [-0.15, -0.1) is 5.10 Å². The number of thioether (sulfide) groups is 1. The number of aromatic amines is 1. The Morgan fingerprint density at radius 1 is 1.10 bits per heavy atom. The Kier molecular flexibility index (Phi) is 4.64. The lowest BCUT2D eigenvalue weighted by Gasteiger charge is -2.06. The number of hydrogen-bond donors (Lipinski definition) is 2. The summed E-state index contributed by atoms with van der Waals surface area (Å²) >= 11 is 1.31. The second-order valence-corrected chi connectivity index (χ2v) is 7.66. The van der Waals surface area contributed by atoms with Crippen molar-refractivity contribution in [2.24, 2.45) is 0 Å². The van der Waals surface area contributed by atoms with E-state index in [2.05, 4.69) is 20.6 Å². The normalized spacial score (nSPS) is 11.2. The van der Waals surface area contributed by atoms with Gasteiger partial charge in [0.05, 0.1) is 11.3 Å². The Hall–Kier alpha value is -3.72. The predicted molar refractivity (Wildman–Crippen MR) is 116 cm³/mol. The van der Waals surface area contributed by atoms with Crippen LogP contribution in [0.4, 0.5) is 5.82 Å². The van der Waals surface area contributed by atoms with Gasteiger partial charge in [0.25, 0.3) is 0 Å². The van der Waals surface area contributed by atoms with E-state index < -0.39 is 0 Å². The largest absolute Gasteiger partial charge is 0.308 e. The average Bonchev–Trinajstić information content (AvgIpc) is 3.39. The van der Waals surface area contributed by atoms with Crippen LogP contribution in [0.5, 0.6) is 0 Å². The van der Waals surface area contributed by atoms with Crippen molar-refractivity contribution < 1.29 is 4.79 Å². The summed E-state index contributed by atoms with van der Waals surface area (Å²) in [6.45, 7) is 1.88. The second-order valence-electron chi connectivity index (χ2n) is 6.72. The number of aryl methyl sites for hydroxylation is 1. The summed E-state index contributed by atoms with van der Waals surface area (Å²) in [7, 11) is 0. The summed E-state index contributed by atoms with van der Waals surface area (Å²) in [4.78, 5) is 21.8. The number of benzene rings is 2. The molecule has 0 aliphatic carbocycles. The molecule has 0 fully saturated rings. The number of carbonyl (C=O) groups is 1. The van der Waals surface area contributed by atoms with Crippen molar-refractivity contribution in [2.75, 3.05) is 11.1 Å². The van der Waals surface area contributed by atoms with Crippen LogP contribution in [0.3, 0.4) is 0 Å². The monoisotopic (exact) mass is 415 g/mol. The van der Waals surface area contributed by atoms with Gasteiger partial charge in [0.2, 0.25) is 5.91 Å². The van der Waals surface area contributed by atoms with Crippen LogP contribution in [-0.4, -0.2) is 41.4 Å². The molecule has 3 aromatic heterocycles. The van der Waals surface area contributed by atoms with Gasteiger partial charge in [-0.2, -0.15) is 9.61 Å². The smallest absolute Gasteiger partial charge is 0.236 e. The number of aromatic nitrogens is 6. The van der Waals surface area contributed by atoms with Gasteiger partial charge in [0, 0.05) is 22.7 Å². The number of rotatable bonds is 5. The molecule has 5 aromatic rings. The maximum absolute atomic E-state index is 12.4. The Morgan fingerprint density at radius 3 is 2.70 bits per heavy atom. The van der Waals surface area contributed by atoms with Crippen molar-refractivity contribution in [1.29, 1.82) is 0 Å². The van der Waals surface area contributed by atoms with Crippen LogP contribution in [0.15, 0.2) is 65.8 Å². The topological polar surface area (TPSA) is 101 Å².